The molecule has 0 aliphatic heterocycles. The number of nitrogens with zero attached hydrogens (tertiary/aromatic N) is 3. The van der Waals surface area contributed by atoms with Gasteiger partial charge in [0.05, 0.1) is 0 Å². The van der Waals surface area contributed by atoms with Crippen molar-refractivity contribution in [2.75, 3.05) is 13.7 Å². The summed E-state index contributed by atoms with van der Waals surface area (Å²) >= 11 is 5.87. The van der Waals surface area contributed by atoms with Gasteiger partial charge in [0, 0.05) is 20.3 Å². The van der Waals surface area contributed by atoms with Crippen LogP contribution in [0, 0.1) is 5.41 Å². The molecular weight excluding hydrogens is 202 g/mol. The van der Waals surface area contributed by atoms with E-state index < -0.39 is 0 Å². The van der Waals surface area contributed by atoms with Crippen molar-refractivity contribution in [3.63, 3.8) is 0 Å². The van der Waals surface area contributed by atoms with Crippen LogP contribution in [0.1, 0.15) is 19.3 Å². The van der Waals surface area contributed by atoms with Crippen LogP contribution in [-0.4, -0.2) is 28.5 Å². The lowest BCUT2D eigenvalue weighted by Gasteiger charge is -2.14. The minimum Gasteiger partial charge on any atom is -0.385 e. The first-order valence-electron chi connectivity index (χ1n) is 4.78. The molecule has 0 unspecified atom stereocenters. The molecule has 0 amide bonds. The zero-order valence-electron chi connectivity index (χ0n) is 8.24. The summed E-state index contributed by atoms with van der Waals surface area (Å²) in [5.41, 5.74) is 0.391. The van der Waals surface area contributed by atoms with E-state index in [4.69, 9.17) is 16.3 Å². The summed E-state index contributed by atoms with van der Waals surface area (Å²) in [5, 5.41) is 8.00. The number of methoxy groups -OCH3 is 1. The molecule has 1 fully saturated rings. The second-order valence-corrected chi connectivity index (χ2v) is 4.31. The van der Waals surface area contributed by atoms with Gasteiger partial charge in [-0.15, -0.1) is 10.2 Å². The molecule has 0 atom stereocenters. The Morgan fingerprint density at radius 3 is 2.93 bits per heavy atom. The molecule has 1 saturated carbocycles. The summed E-state index contributed by atoms with van der Waals surface area (Å²) in [7, 11) is 1.74. The Balaban J connectivity index is 1.94. The smallest absolute Gasteiger partial charge is 0.224 e. The standard InChI is InChI=1S/C9H14ClN3O/c1-14-5-4-9(2-3-9)6-13-7-11-12-8(13)10/h7H,2-6H2,1H3. The Morgan fingerprint density at radius 1 is 1.64 bits per heavy atom. The van der Waals surface area contributed by atoms with Gasteiger partial charge in [-0.2, -0.15) is 0 Å². The molecule has 0 aromatic carbocycles. The summed E-state index contributed by atoms with van der Waals surface area (Å²) in [6, 6.07) is 0. The lowest BCUT2D eigenvalue weighted by atomic mass is 10.0. The highest BCUT2D eigenvalue weighted by atomic mass is 35.5. The fraction of sp³-hybridized carbons (Fsp3) is 0.778. The molecule has 5 heteroatoms. The Morgan fingerprint density at radius 2 is 2.43 bits per heavy atom. The maximum Gasteiger partial charge on any atom is 0.224 e. The van der Waals surface area contributed by atoms with Crippen LogP contribution in [0.2, 0.25) is 5.28 Å². The molecule has 14 heavy (non-hydrogen) atoms. The highest BCUT2D eigenvalue weighted by molar-refractivity contribution is 6.28. The second kappa shape index (κ2) is 3.87. The summed E-state index contributed by atoms with van der Waals surface area (Å²) in [5.74, 6) is 0. The van der Waals surface area contributed by atoms with Crippen LogP contribution in [0.5, 0.6) is 0 Å². The number of hydrogen-bond donors (Lipinski definition) is 0. The summed E-state index contributed by atoms with van der Waals surface area (Å²) in [4.78, 5) is 0. The molecule has 0 spiro atoms. The molecular formula is C9H14ClN3O. The van der Waals surface area contributed by atoms with Crippen LogP contribution in [0.3, 0.4) is 0 Å². The largest absolute Gasteiger partial charge is 0.385 e. The van der Waals surface area contributed by atoms with Crippen molar-refractivity contribution in [3.05, 3.63) is 11.6 Å². The van der Waals surface area contributed by atoms with Gasteiger partial charge in [-0.25, -0.2) is 0 Å². The van der Waals surface area contributed by atoms with Crippen molar-refractivity contribution in [2.24, 2.45) is 5.41 Å². The average Bonchev–Trinajstić information content (AvgIpc) is 2.83. The van der Waals surface area contributed by atoms with Crippen LogP contribution in [0.25, 0.3) is 0 Å². The lowest BCUT2D eigenvalue weighted by Crippen LogP contribution is -2.13. The number of halogens is 1. The van der Waals surface area contributed by atoms with Gasteiger partial charge in [0.1, 0.15) is 6.33 Å². The van der Waals surface area contributed by atoms with Gasteiger partial charge >= 0.3 is 0 Å². The first-order chi connectivity index (χ1) is 6.76. The molecule has 78 valence electrons. The Bertz CT molecular complexity index is 309. The fourth-order valence-corrected chi connectivity index (χ4v) is 1.84. The quantitative estimate of drug-likeness (QED) is 0.752. The number of aromatic nitrogens is 3. The average molecular weight is 216 g/mol. The van der Waals surface area contributed by atoms with E-state index in [0.717, 1.165) is 19.6 Å². The van der Waals surface area contributed by atoms with E-state index >= 15 is 0 Å². The van der Waals surface area contributed by atoms with Crippen LogP contribution < -0.4 is 0 Å². The van der Waals surface area contributed by atoms with Gasteiger partial charge in [0.15, 0.2) is 0 Å². The first-order valence-corrected chi connectivity index (χ1v) is 5.16. The minimum atomic E-state index is 0.391. The maximum atomic E-state index is 5.87. The van der Waals surface area contributed by atoms with Crippen LogP contribution in [0.4, 0.5) is 0 Å². The summed E-state index contributed by atoms with van der Waals surface area (Å²) in [6.45, 7) is 1.74. The molecule has 0 saturated heterocycles. The van der Waals surface area contributed by atoms with Gasteiger partial charge in [0.25, 0.3) is 0 Å². The van der Waals surface area contributed by atoms with Crippen molar-refractivity contribution in [1.82, 2.24) is 14.8 Å². The van der Waals surface area contributed by atoms with Gasteiger partial charge in [0.2, 0.25) is 5.28 Å². The van der Waals surface area contributed by atoms with Gasteiger partial charge < -0.3 is 9.30 Å². The Hall–Kier alpha value is -0.610. The van der Waals surface area contributed by atoms with Crippen molar-refractivity contribution < 1.29 is 4.74 Å². The first kappa shape index (κ1) is 9.93. The monoisotopic (exact) mass is 215 g/mol. The van der Waals surface area contributed by atoms with Crippen LogP contribution in [-0.2, 0) is 11.3 Å². The summed E-state index contributed by atoms with van der Waals surface area (Å²) < 4.78 is 7.00. The molecule has 1 aromatic rings. The van der Waals surface area contributed by atoms with E-state index in [1.165, 1.54) is 12.8 Å². The third kappa shape index (κ3) is 2.07. The number of hydrogen-bond acceptors (Lipinski definition) is 3. The molecule has 0 bridgehead atoms. The fourth-order valence-electron chi connectivity index (χ4n) is 1.69. The Labute approximate surface area is 88.2 Å². The zero-order valence-corrected chi connectivity index (χ0v) is 9.00. The van der Waals surface area contributed by atoms with Crippen molar-refractivity contribution in [1.29, 1.82) is 0 Å². The third-order valence-electron chi connectivity index (χ3n) is 2.87. The normalized spacial score (nSPS) is 18.4. The van der Waals surface area contributed by atoms with Crippen molar-refractivity contribution in [2.45, 2.75) is 25.8 Å². The number of rotatable bonds is 5. The maximum absolute atomic E-state index is 5.87. The minimum absolute atomic E-state index is 0.391. The highest BCUT2D eigenvalue weighted by Gasteiger charge is 2.42. The predicted octanol–water partition coefficient (Wildman–Crippen LogP) is 1.75. The molecule has 1 heterocycles. The molecule has 0 N–H and O–H groups in total. The topological polar surface area (TPSA) is 39.9 Å². The molecule has 1 aromatic heterocycles. The van der Waals surface area contributed by atoms with Crippen molar-refractivity contribution >= 4 is 11.6 Å². The lowest BCUT2D eigenvalue weighted by molar-refractivity contribution is 0.167. The van der Waals surface area contributed by atoms with E-state index in [-0.39, 0.29) is 0 Å². The third-order valence-corrected chi connectivity index (χ3v) is 3.16. The van der Waals surface area contributed by atoms with E-state index in [1.54, 1.807) is 13.4 Å². The van der Waals surface area contributed by atoms with Crippen molar-refractivity contribution in [3.8, 4) is 0 Å². The molecule has 1 aliphatic rings. The van der Waals surface area contributed by atoms with Gasteiger partial charge in [-0.3, -0.25) is 0 Å². The van der Waals surface area contributed by atoms with E-state index in [9.17, 15) is 0 Å². The van der Waals surface area contributed by atoms with Crippen LogP contribution in [0.15, 0.2) is 6.33 Å². The van der Waals surface area contributed by atoms with Crippen LogP contribution >= 0.6 is 11.6 Å². The van der Waals surface area contributed by atoms with E-state index in [2.05, 4.69) is 10.2 Å². The molecule has 1 aliphatic carbocycles. The Kier molecular flexibility index (Phi) is 2.74. The van der Waals surface area contributed by atoms with Gasteiger partial charge in [-0.05, 0) is 36.3 Å². The zero-order chi connectivity index (χ0) is 10.0. The SMILES string of the molecule is COCCC1(Cn2cnnc2Cl)CC1. The predicted molar refractivity (Wildman–Crippen MR) is 53.2 cm³/mol. The van der Waals surface area contributed by atoms with E-state index in [0.29, 0.717) is 10.7 Å². The summed E-state index contributed by atoms with van der Waals surface area (Å²) in [6.07, 6.45) is 5.29. The highest BCUT2D eigenvalue weighted by Crippen LogP contribution is 2.50. The van der Waals surface area contributed by atoms with E-state index in [1.807, 2.05) is 4.57 Å². The molecule has 0 radical (unpaired) electrons. The number of ether oxygens (including phenoxy) is 1. The second-order valence-electron chi connectivity index (χ2n) is 3.97. The van der Waals surface area contributed by atoms with Gasteiger partial charge in [-0.1, -0.05) is 0 Å². The molecule has 4 nitrogen and oxygen atoms in total. The molecule has 2 rings (SSSR count).